The van der Waals surface area contributed by atoms with Crippen molar-refractivity contribution < 1.29 is 24.2 Å². The monoisotopic (exact) mass is 333 g/mol. The molecule has 1 atom stereocenters. The van der Waals surface area contributed by atoms with Gasteiger partial charge in [-0.15, -0.1) is 0 Å². The number of carbonyl (C=O) groups excluding carboxylic acids is 2. The predicted molar refractivity (Wildman–Crippen MR) is 88.1 cm³/mol. The lowest BCUT2D eigenvalue weighted by Gasteiger charge is -2.20. The van der Waals surface area contributed by atoms with Crippen molar-refractivity contribution >= 4 is 34.6 Å². The van der Waals surface area contributed by atoms with Crippen molar-refractivity contribution in [3.8, 4) is 0 Å². The number of nitrogens with one attached hydrogen (secondary N) is 2. The highest BCUT2D eigenvalue weighted by molar-refractivity contribution is 6.06. The molecule has 0 bridgehead atoms. The number of amides is 2. The van der Waals surface area contributed by atoms with E-state index in [0.29, 0.717) is 22.2 Å². The third kappa shape index (κ3) is 3.65. The van der Waals surface area contributed by atoms with E-state index in [1.807, 2.05) is 0 Å². The van der Waals surface area contributed by atoms with E-state index in [-0.39, 0.29) is 6.54 Å². The summed E-state index contributed by atoms with van der Waals surface area (Å²) in [6.07, 6.45) is 1.68. The van der Waals surface area contributed by atoms with E-state index in [4.69, 9.17) is 9.84 Å². The lowest BCUT2D eigenvalue weighted by atomic mass is 10.1. The third-order valence-electron chi connectivity index (χ3n) is 3.64. The van der Waals surface area contributed by atoms with Crippen molar-refractivity contribution in [3.05, 3.63) is 30.0 Å². The van der Waals surface area contributed by atoms with Crippen LogP contribution in [0.3, 0.4) is 0 Å². The first-order valence-electron chi connectivity index (χ1n) is 7.28. The molecule has 0 saturated carbocycles. The second-order valence-corrected chi connectivity index (χ2v) is 5.50. The van der Waals surface area contributed by atoms with Crippen molar-refractivity contribution in [2.24, 2.45) is 5.92 Å². The van der Waals surface area contributed by atoms with Crippen molar-refractivity contribution in [1.82, 2.24) is 9.88 Å². The van der Waals surface area contributed by atoms with Gasteiger partial charge in [-0.25, -0.2) is 9.59 Å². The van der Waals surface area contributed by atoms with Gasteiger partial charge in [0.1, 0.15) is 0 Å². The molecule has 1 heterocycles. The maximum atomic E-state index is 12.2. The Balaban J connectivity index is 2.21. The number of esters is 1. The lowest BCUT2D eigenvalue weighted by molar-refractivity contribution is -0.141. The summed E-state index contributed by atoms with van der Waals surface area (Å²) in [6, 6.07) is 4.49. The van der Waals surface area contributed by atoms with Crippen molar-refractivity contribution in [2.45, 2.75) is 6.92 Å². The van der Waals surface area contributed by atoms with Gasteiger partial charge >= 0.3 is 18.0 Å². The van der Waals surface area contributed by atoms with E-state index >= 15 is 0 Å². The molecule has 2 rings (SSSR count). The minimum atomic E-state index is -0.976. The Morgan fingerprint density at radius 1 is 1.38 bits per heavy atom. The largest absolute Gasteiger partial charge is 0.481 e. The number of hydrogen-bond donors (Lipinski definition) is 3. The summed E-state index contributed by atoms with van der Waals surface area (Å²) in [5, 5.41) is 12.2. The molecule has 1 aromatic carbocycles. The molecular formula is C16H19N3O5. The molecule has 0 radical (unpaired) electrons. The molecule has 3 N–H and O–H groups in total. The number of anilines is 1. The van der Waals surface area contributed by atoms with E-state index in [1.54, 1.807) is 18.3 Å². The zero-order valence-electron chi connectivity index (χ0n) is 13.6. The maximum Gasteiger partial charge on any atom is 0.338 e. The van der Waals surface area contributed by atoms with Crippen LogP contribution in [0.1, 0.15) is 17.3 Å². The molecule has 0 aliphatic heterocycles. The first-order chi connectivity index (χ1) is 11.3. The second kappa shape index (κ2) is 7.03. The average molecular weight is 333 g/mol. The summed E-state index contributed by atoms with van der Waals surface area (Å²) in [6.45, 7) is 1.59. The van der Waals surface area contributed by atoms with E-state index < -0.39 is 23.9 Å². The van der Waals surface area contributed by atoms with Crippen LogP contribution in [-0.4, -0.2) is 53.7 Å². The number of carboxylic acid groups (broad SMARTS) is 1. The van der Waals surface area contributed by atoms with Gasteiger partial charge in [0.15, 0.2) is 0 Å². The number of carboxylic acids is 1. The van der Waals surface area contributed by atoms with Crippen LogP contribution in [0.4, 0.5) is 10.5 Å². The van der Waals surface area contributed by atoms with Crippen molar-refractivity contribution in [3.63, 3.8) is 0 Å². The number of hydrogen-bond acceptors (Lipinski definition) is 4. The minimum absolute atomic E-state index is 0.0652. The zero-order valence-corrected chi connectivity index (χ0v) is 13.6. The second-order valence-electron chi connectivity index (χ2n) is 5.50. The fraction of sp³-hybridized carbons (Fsp3) is 0.312. The van der Waals surface area contributed by atoms with Gasteiger partial charge in [-0.1, -0.05) is 6.92 Å². The highest BCUT2D eigenvalue weighted by atomic mass is 16.5. The quantitative estimate of drug-likeness (QED) is 0.726. The summed E-state index contributed by atoms with van der Waals surface area (Å²) in [5.74, 6) is -2.17. The highest BCUT2D eigenvalue weighted by Crippen LogP contribution is 2.24. The van der Waals surface area contributed by atoms with Crippen LogP contribution in [0.5, 0.6) is 0 Å². The first kappa shape index (κ1) is 17.3. The first-order valence-corrected chi connectivity index (χ1v) is 7.28. The molecule has 8 nitrogen and oxygen atoms in total. The number of benzene rings is 1. The number of methoxy groups -OCH3 is 1. The van der Waals surface area contributed by atoms with Gasteiger partial charge in [-0.2, -0.15) is 0 Å². The number of aromatic nitrogens is 1. The molecule has 2 aromatic rings. The molecule has 0 aliphatic carbocycles. The van der Waals surface area contributed by atoms with E-state index in [1.165, 1.54) is 32.0 Å². The molecule has 0 saturated heterocycles. The summed E-state index contributed by atoms with van der Waals surface area (Å²) in [4.78, 5) is 39.2. The van der Waals surface area contributed by atoms with Crippen LogP contribution in [0, 0.1) is 5.92 Å². The third-order valence-corrected chi connectivity index (χ3v) is 3.64. The predicted octanol–water partition coefficient (Wildman–Crippen LogP) is 2.14. The van der Waals surface area contributed by atoms with E-state index in [0.717, 1.165) is 0 Å². The van der Waals surface area contributed by atoms with Gasteiger partial charge in [-0.05, 0) is 18.2 Å². The molecule has 2 amide bonds. The molecular weight excluding hydrogens is 314 g/mol. The van der Waals surface area contributed by atoms with Gasteiger partial charge in [-0.3, -0.25) is 4.79 Å². The zero-order chi connectivity index (χ0) is 17.9. The fourth-order valence-electron chi connectivity index (χ4n) is 2.31. The minimum Gasteiger partial charge on any atom is -0.481 e. The summed E-state index contributed by atoms with van der Waals surface area (Å²) >= 11 is 0. The Bertz CT molecular complexity index is 783. The van der Waals surface area contributed by atoms with Crippen LogP contribution in [0.15, 0.2) is 24.4 Å². The number of nitrogens with zero attached hydrogens (tertiary/aromatic N) is 1. The molecule has 1 aromatic heterocycles. The molecule has 0 spiro atoms. The number of carbonyl (C=O) groups is 3. The van der Waals surface area contributed by atoms with E-state index in [2.05, 4.69) is 10.3 Å². The fourth-order valence-corrected chi connectivity index (χ4v) is 2.31. The van der Waals surface area contributed by atoms with Gasteiger partial charge < -0.3 is 25.0 Å². The van der Waals surface area contributed by atoms with Crippen LogP contribution in [0.25, 0.3) is 10.9 Å². The Kier molecular flexibility index (Phi) is 5.08. The Morgan fingerprint density at radius 2 is 2.08 bits per heavy atom. The standard InChI is InChI=1S/C16H19N3O5/c1-9(14(20)21)8-19(2)16(23)18-10-6-12(15(22)24-3)11-4-5-17-13(11)7-10/h4-7,9,17H,8H2,1-3H3,(H,18,23)(H,20,21). The maximum absolute atomic E-state index is 12.2. The molecule has 8 heteroatoms. The molecule has 0 fully saturated rings. The number of urea groups is 1. The lowest BCUT2D eigenvalue weighted by Crippen LogP contribution is -2.36. The number of rotatable bonds is 5. The summed E-state index contributed by atoms with van der Waals surface area (Å²) < 4.78 is 4.76. The summed E-state index contributed by atoms with van der Waals surface area (Å²) in [5.41, 5.74) is 1.41. The van der Waals surface area contributed by atoms with Gasteiger partial charge in [0, 0.05) is 36.4 Å². The smallest absolute Gasteiger partial charge is 0.338 e. The Morgan fingerprint density at radius 3 is 2.71 bits per heavy atom. The molecule has 0 aliphatic rings. The van der Waals surface area contributed by atoms with Gasteiger partial charge in [0.25, 0.3) is 0 Å². The SMILES string of the molecule is COC(=O)c1cc(NC(=O)N(C)CC(C)C(=O)O)cc2[nH]ccc12. The van der Waals surface area contributed by atoms with Crippen molar-refractivity contribution in [1.29, 1.82) is 0 Å². The topological polar surface area (TPSA) is 112 Å². The van der Waals surface area contributed by atoms with Crippen LogP contribution >= 0.6 is 0 Å². The van der Waals surface area contributed by atoms with Gasteiger partial charge in [0.2, 0.25) is 0 Å². The summed E-state index contributed by atoms with van der Waals surface area (Å²) in [7, 11) is 2.79. The van der Waals surface area contributed by atoms with Crippen LogP contribution in [0.2, 0.25) is 0 Å². The van der Waals surface area contributed by atoms with Crippen LogP contribution < -0.4 is 5.32 Å². The molecule has 1 unspecified atom stereocenters. The van der Waals surface area contributed by atoms with Gasteiger partial charge in [0.05, 0.1) is 18.6 Å². The normalized spacial score (nSPS) is 11.8. The highest BCUT2D eigenvalue weighted by Gasteiger charge is 2.19. The number of aliphatic carboxylic acids is 1. The van der Waals surface area contributed by atoms with E-state index in [9.17, 15) is 14.4 Å². The number of fused-ring (bicyclic) bond motifs is 1. The molecule has 24 heavy (non-hydrogen) atoms. The molecule has 128 valence electrons. The van der Waals surface area contributed by atoms with Crippen LogP contribution in [-0.2, 0) is 9.53 Å². The number of aromatic amines is 1. The van der Waals surface area contributed by atoms with Crippen molar-refractivity contribution in [2.75, 3.05) is 26.0 Å². The average Bonchev–Trinajstić information content (AvgIpc) is 3.01. The Labute approximate surface area is 138 Å². The number of ether oxygens (including phenoxy) is 1. The number of H-pyrrole nitrogens is 1. The Hall–Kier alpha value is -3.03.